The lowest BCUT2D eigenvalue weighted by Crippen LogP contribution is -2.01. The van der Waals surface area contributed by atoms with Crippen LogP contribution in [0.2, 0.25) is 0 Å². The van der Waals surface area contributed by atoms with Crippen molar-refractivity contribution in [2.45, 2.75) is 6.92 Å². The maximum Gasteiger partial charge on any atom is 0.155 e. The van der Waals surface area contributed by atoms with Crippen molar-refractivity contribution in [3.05, 3.63) is 5.73 Å². The molecule has 0 aromatic carbocycles. The van der Waals surface area contributed by atoms with Crippen LogP contribution < -0.4 is 0 Å². The largest absolute Gasteiger partial charge is 0.655 e. The second kappa shape index (κ2) is 3.77. The molecule has 7 heavy (non-hydrogen) atoms. The standard InChI is InChI=1S/C4H8NO2/c1-4(6)2-7-3-5/h5H,2-3H2,1H3/q-1. The van der Waals surface area contributed by atoms with Crippen LogP contribution in [0.5, 0.6) is 0 Å². The number of carbonyl (C=O) groups is 1. The van der Waals surface area contributed by atoms with Gasteiger partial charge < -0.3 is 10.5 Å². The lowest BCUT2D eigenvalue weighted by atomic mass is 10.5. The van der Waals surface area contributed by atoms with Crippen molar-refractivity contribution >= 4 is 5.78 Å². The first-order chi connectivity index (χ1) is 3.27. The highest BCUT2D eigenvalue weighted by atomic mass is 16.5. The molecule has 0 aromatic rings. The van der Waals surface area contributed by atoms with E-state index in [0.717, 1.165) is 0 Å². The van der Waals surface area contributed by atoms with Crippen LogP contribution in [-0.4, -0.2) is 19.1 Å². The summed E-state index contributed by atoms with van der Waals surface area (Å²) in [6.45, 7) is 1.37. The van der Waals surface area contributed by atoms with Gasteiger partial charge in [0.2, 0.25) is 0 Å². The topological polar surface area (TPSA) is 50.1 Å². The Hall–Kier alpha value is -0.410. The highest BCUT2D eigenvalue weighted by Crippen LogP contribution is 1.73. The lowest BCUT2D eigenvalue weighted by Gasteiger charge is -1.98. The van der Waals surface area contributed by atoms with E-state index in [1.54, 1.807) is 0 Å². The monoisotopic (exact) mass is 102 g/mol. The molecule has 3 heteroatoms. The summed E-state index contributed by atoms with van der Waals surface area (Å²) >= 11 is 0. The van der Waals surface area contributed by atoms with E-state index in [9.17, 15) is 4.79 Å². The molecule has 0 aromatic heterocycles. The Bertz CT molecular complexity index is 62.7. The highest BCUT2D eigenvalue weighted by Gasteiger charge is 1.84. The number of hydrogen-bond donors (Lipinski definition) is 0. The zero-order chi connectivity index (χ0) is 5.70. The molecule has 0 aliphatic carbocycles. The first kappa shape index (κ1) is 6.59. The summed E-state index contributed by atoms with van der Waals surface area (Å²) in [4.78, 5) is 9.99. The molecule has 3 nitrogen and oxygen atoms in total. The molecule has 1 N–H and O–H groups in total. The van der Waals surface area contributed by atoms with Crippen molar-refractivity contribution in [3.63, 3.8) is 0 Å². The minimum Gasteiger partial charge on any atom is -0.655 e. The molecule has 0 fully saturated rings. The Morgan fingerprint density at radius 2 is 2.43 bits per heavy atom. The second-order valence-corrected chi connectivity index (χ2v) is 1.19. The van der Waals surface area contributed by atoms with Crippen LogP contribution in [0.25, 0.3) is 5.73 Å². The van der Waals surface area contributed by atoms with E-state index >= 15 is 0 Å². The fourth-order valence-corrected chi connectivity index (χ4v) is 0.195. The van der Waals surface area contributed by atoms with E-state index in [1.165, 1.54) is 6.92 Å². The van der Waals surface area contributed by atoms with Crippen molar-refractivity contribution in [1.29, 1.82) is 0 Å². The molecule has 0 bridgehead atoms. The summed E-state index contributed by atoms with van der Waals surface area (Å²) in [5.41, 5.74) is 6.42. The van der Waals surface area contributed by atoms with Gasteiger partial charge in [-0.3, -0.25) is 4.79 Å². The Morgan fingerprint density at radius 3 is 2.57 bits per heavy atom. The molecular formula is C4H8NO2-. The van der Waals surface area contributed by atoms with Crippen molar-refractivity contribution < 1.29 is 9.53 Å². The first-order valence-corrected chi connectivity index (χ1v) is 1.99. The Kier molecular flexibility index (Phi) is 3.55. The van der Waals surface area contributed by atoms with Crippen LogP contribution in [0.3, 0.4) is 0 Å². The average molecular weight is 102 g/mol. The minimum atomic E-state index is -0.125. The molecule has 42 valence electrons. The molecule has 0 heterocycles. The number of ether oxygens (including phenoxy) is 1. The van der Waals surface area contributed by atoms with Crippen LogP contribution in [0, 0.1) is 0 Å². The van der Waals surface area contributed by atoms with Gasteiger partial charge in [-0.2, -0.15) is 0 Å². The van der Waals surface area contributed by atoms with Crippen LogP contribution in [0.15, 0.2) is 0 Å². The number of Topliss-reactive ketones (excluding diaryl/α,β-unsaturated/α-hetero) is 1. The van der Waals surface area contributed by atoms with E-state index in [4.69, 9.17) is 5.73 Å². The number of nitrogens with one attached hydrogen (secondary N) is 1. The molecule has 0 unspecified atom stereocenters. The molecule has 0 rings (SSSR count). The predicted molar refractivity (Wildman–Crippen MR) is 25.8 cm³/mol. The maximum atomic E-state index is 9.99. The van der Waals surface area contributed by atoms with Gasteiger partial charge in [0.1, 0.15) is 6.61 Å². The Morgan fingerprint density at radius 1 is 1.86 bits per heavy atom. The van der Waals surface area contributed by atoms with Gasteiger partial charge in [-0.1, -0.05) is 0 Å². The normalized spacial score (nSPS) is 8.86. The number of carbonyl (C=O) groups excluding carboxylic acids is 1. The van der Waals surface area contributed by atoms with E-state index < -0.39 is 0 Å². The van der Waals surface area contributed by atoms with Gasteiger partial charge in [0.05, 0.1) is 0 Å². The molecule has 0 saturated heterocycles. The summed E-state index contributed by atoms with van der Waals surface area (Å²) in [5, 5.41) is 0. The average Bonchev–Trinajstić information content (AvgIpc) is 1.61. The van der Waals surface area contributed by atoms with Gasteiger partial charge in [-0.15, -0.1) is 0 Å². The van der Waals surface area contributed by atoms with Crippen LogP contribution in [0.1, 0.15) is 6.92 Å². The van der Waals surface area contributed by atoms with E-state index in [-0.39, 0.29) is 19.1 Å². The number of rotatable bonds is 3. The zero-order valence-corrected chi connectivity index (χ0v) is 4.23. The van der Waals surface area contributed by atoms with E-state index in [0.29, 0.717) is 0 Å². The Labute approximate surface area is 42.4 Å². The van der Waals surface area contributed by atoms with Gasteiger partial charge in [-0.25, -0.2) is 0 Å². The van der Waals surface area contributed by atoms with Crippen LogP contribution in [0.4, 0.5) is 0 Å². The molecule has 0 saturated carbocycles. The molecule has 0 radical (unpaired) electrons. The van der Waals surface area contributed by atoms with Crippen LogP contribution >= 0.6 is 0 Å². The highest BCUT2D eigenvalue weighted by molar-refractivity contribution is 5.76. The SMILES string of the molecule is CC(=O)COC[NH-]. The zero-order valence-electron chi connectivity index (χ0n) is 4.23. The summed E-state index contributed by atoms with van der Waals surface area (Å²) < 4.78 is 4.41. The van der Waals surface area contributed by atoms with Gasteiger partial charge in [0, 0.05) is 0 Å². The van der Waals surface area contributed by atoms with Crippen molar-refractivity contribution in [2.75, 3.05) is 13.3 Å². The van der Waals surface area contributed by atoms with Crippen LogP contribution in [-0.2, 0) is 9.53 Å². The summed E-state index contributed by atoms with van der Waals surface area (Å²) in [7, 11) is 0. The summed E-state index contributed by atoms with van der Waals surface area (Å²) in [5.74, 6) is -0.0350. The van der Waals surface area contributed by atoms with Gasteiger partial charge in [-0.05, 0) is 13.7 Å². The molecule has 0 spiro atoms. The van der Waals surface area contributed by atoms with Crippen molar-refractivity contribution in [1.82, 2.24) is 0 Å². The summed E-state index contributed by atoms with van der Waals surface area (Å²) in [6, 6.07) is 0. The molecule has 0 aliphatic heterocycles. The second-order valence-electron chi connectivity index (χ2n) is 1.19. The quantitative estimate of drug-likeness (QED) is 0.524. The number of hydrogen-bond acceptors (Lipinski definition) is 2. The fourth-order valence-electron chi connectivity index (χ4n) is 0.195. The van der Waals surface area contributed by atoms with Gasteiger partial charge in [0.15, 0.2) is 5.78 Å². The molecule has 0 amide bonds. The lowest BCUT2D eigenvalue weighted by molar-refractivity contribution is -0.121. The Balaban J connectivity index is 2.82. The minimum absolute atomic E-state index is 0.0350. The van der Waals surface area contributed by atoms with Crippen molar-refractivity contribution in [2.24, 2.45) is 0 Å². The molecule has 0 atom stereocenters. The first-order valence-electron chi connectivity index (χ1n) is 1.99. The van der Waals surface area contributed by atoms with Crippen molar-refractivity contribution in [3.8, 4) is 0 Å². The third-order valence-electron chi connectivity index (χ3n) is 0.407. The fraction of sp³-hybridized carbons (Fsp3) is 0.750. The van der Waals surface area contributed by atoms with Gasteiger partial charge >= 0.3 is 0 Å². The van der Waals surface area contributed by atoms with Gasteiger partial charge in [0.25, 0.3) is 0 Å². The van der Waals surface area contributed by atoms with E-state index in [2.05, 4.69) is 4.74 Å². The van der Waals surface area contributed by atoms with E-state index in [1.807, 2.05) is 0 Å². The third-order valence-corrected chi connectivity index (χ3v) is 0.407. The third kappa shape index (κ3) is 5.59. The molecule has 0 aliphatic rings. The predicted octanol–water partition coefficient (Wildman–Crippen LogP) is 0.602. The number of ketones is 1. The smallest absolute Gasteiger partial charge is 0.155 e. The maximum absolute atomic E-state index is 9.99. The molecular weight excluding hydrogens is 94.0 g/mol. The summed E-state index contributed by atoms with van der Waals surface area (Å²) in [6.07, 6.45) is 0.